The molecule has 0 saturated carbocycles. The molecule has 6 nitrogen and oxygen atoms in total. The van der Waals surface area contributed by atoms with Crippen LogP contribution in [0.25, 0.3) is 0 Å². The van der Waals surface area contributed by atoms with Crippen LogP contribution in [0.4, 0.5) is 0 Å². The Morgan fingerprint density at radius 3 is 2.27 bits per heavy atom. The van der Waals surface area contributed by atoms with E-state index >= 15 is 0 Å². The number of hydrogen-bond donors (Lipinski definition) is 2. The molecule has 2 rings (SSSR count). The van der Waals surface area contributed by atoms with Crippen LogP contribution in [0.2, 0.25) is 0 Å². The maximum Gasteiger partial charge on any atom is 0.220 e. The number of morpholine rings is 1. The molecule has 1 aromatic rings. The largest absolute Gasteiger partial charge is 0.488 e. The fraction of sp³-hybridized carbons (Fsp3) is 0.741. The molecule has 0 spiro atoms. The van der Waals surface area contributed by atoms with Gasteiger partial charge in [0.15, 0.2) is 0 Å². The van der Waals surface area contributed by atoms with Gasteiger partial charge in [0.1, 0.15) is 17.5 Å². The first-order chi connectivity index (χ1) is 15.8. The highest BCUT2D eigenvalue weighted by atomic mass is 16.5. The van der Waals surface area contributed by atoms with Gasteiger partial charge in [-0.1, -0.05) is 57.6 Å². The van der Waals surface area contributed by atoms with Gasteiger partial charge in [0.25, 0.3) is 0 Å². The Morgan fingerprint density at radius 2 is 1.67 bits per heavy atom. The van der Waals surface area contributed by atoms with E-state index in [4.69, 9.17) is 9.47 Å². The molecule has 188 valence electrons. The minimum Gasteiger partial charge on any atom is -0.488 e. The molecule has 1 aliphatic heterocycles. The fourth-order valence-corrected chi connectivity index (χ4v) is 4.13. The van der Waals surface area contributed by atoms with Gasteiger partial charge in [-0.15, -0.1) is 0 Å². The summed E-state index contributed by atoms with van der Waals surface area (Å²) in [6.07, 6.45) is 8.00. The molecule has 2 atom stereocenters. The molecule has 1 aliphatic rings. The predicted octanol–water partition coefficient (Wildman–Crippen LogP) is 4.86. The normalized spacial score (nSPS) is 16.9. The van der Waals surface area contributed by atoms with Crippen LogP contribution < -0.4 is 10.1 Å². The van der Waals surface area contributed by atoms with E-state index in [0.29, 0.717) is 26.2 Å². The van der Waals surface area contributed by atoms with Crippen LogP contribution in [0.3, 0.4) is 0 Å². The van der Waals surface area contributed by atoms with Gasteiger partial charge in [-0.3, -0.25) is 9.69 Å². The van der Waals surface area contributed by atoms with E-state index in [1.807, 2.05) is 45.0 Å². The lowest BCUT2D eigenvalue weighted by Gasteiger charge is -2.33. The molecule has 1 amide bonds. The molecular formula is C27H46N2O4. The van der Waals surface area contributed by atoms with Crippen molar-refractivity contribution in [1.82, 2.24) is 10.2 Å². The molecule has 0 unspecified atom stereocenters. The average molecular weight is 463 g/mol. The van der Waals surface area contributed by atoms with Crippen molar-refractivity contribution in [3.05, 3.63) is 29.8 Å². The van der Waals surface area contributed by atoms with Crippen LogP contribution >= 0.6 is 0 Å². The molecule has 0 bridgehead atoms. The molecule has 1 saturated heterocycles. The lowest BCUT2D eigenvalue weighted by Crippen LogP contribution is -2.49. The Kier molecular flexibility index (Phi) is 12.2. The molecule has 0 aromatic heterocycles. The zero-order valence-electron chi connectivity index (χ0n) is 21.3. The highest BCUT2D eigenvalue weighted by molar-refractivity contribution is 5.76. The second-order valence-electron chi connectivity index (χ2n) is 10.2. The molecule has 0 radical (unpaired) electrons. The quantitative estimate of drug-likeness (QED) is 0.387. The number of aliphatic hydroxyl groups excluding tert-OH is 1. The number of nitrogens with one attached hydrogen (secondary N) is 1. The van der Waals surface area contributed by atoms with Gasteiger partial charge in [-0.05, 0) is 44.9 Å². The van der Waals surface area contributed by atoms with Crippen molar-refractivity contribution >= 4 is 5.91 Å². The van der Waals surface area contributed by atoms with Gasteiger partial charge in [0.05, 0.1) is 19.3 Å². The zero-order valence-corrected chi connectivity index (χ0v) is 21.3. The second kappa shape index (κ2) is 14.6. The Morgan fingerprint density at radius 1 is 1.06 bits per heavy atom. The van der Waals surface area contributed by atoms with Crippen LogP contribution in [0.5, 0.6) is 5.75 Å². The first-order valence-electron chi connectivity index (χ1n) is 12.8. The summed E-state index contributed by atoms with van der Waals surface area (Å²) in [4.78, 5) is 14.9. The van der Waals surface area contributed by atoms with Crippen LogP contribution in [-0.4, -0.2) is 60.4 Å². The minimum atomic E-state index is -0.783. The third-order valence-corrected chi connectivity index (χ3v) is 5.94. The van der Waals surface area contributed by atoms with Crippen molar-refractivity contribution in [2.45, 2.75) is 96.8 Å². The number of carbonyl (C=O) groups is 1. The average Bonchev–Trinajstić information content (AvgIpc) is 2.78. The summed E-state index contributed by atoms with van der Waals surface area (Å²) in [6, 6.07) is 7.18. The topological polar surface area (TPSA) is 71.0 Å². The SMILES string of the molecule is CCCCCCCCCC(=O)N[C@H](CN1CCOCC1)[C@H](O)c1ccc(OC(C)(C)C)cc1. The van der Waals surface area contributed by atoms with Gasteiger partial charge in [0, 0.05) is 26.1 Å². The second-order valence-corrected chi connectivity index (χ2v) is 10.2. The number of hydrogen-bond acceptors (Lipinski definition) is 5. The Labute approximate surface area is 201 Å². The summed E-state index contributed by atoms with van der Waals surface area (Å²) in [6.45, 7) is 11.9. The van der Waals surface area contributed by atoms with E-state index in [9.17, 15) is 9.90 Å². The molecular weight excluding hydrogens is 416 g/mol. The minimum absolute atomic E-state index is 0.0218. The number of nitrogens with zero attached hydrogens (tertiary/aromatic N) is 1. The summed E-state index contributed by atoms with van der Waals surface area (Å²) < 4.78 is 11.4. The van der Waals surface area contributed by atoms with Crippen molar-refractivity contribution in [3.8, 4) is 5.75 Å². The number of benzene rings is 1. The van der Waals surface area contributed by atoms with Crippen molar-refractivity contribution in [3.63, 3.8) is 0 Å². The number of ether oxygens (including phenoxy) is 2. The lowest BCUT2D eigenvalue weighted by molar-refractivity contribution is -0.123. The van der Waals surface area contributed by atoms with Gasteiger partial charge in [-0.2, -0.15) is 0 Å². The first-order valence-corrected chi connectivity index (χ1v) is 12.8. The molecule has 0 aliphatic carbocycles. The fourth-order valence-electron chi connectivity index (χ4n) is 4.13. The lowest BCUT2D eigenvalue weighted by atomic mass is 10.0. The van der Waals surface area contributed by atoms with E-state index in [1.165, 1.54) is 32.1 Å². The zero-order chi connectivity index (χ0) is 24.1. The summed E-state index contributed by atoms with van der Waals surface area (Å²) in [5.41, 5.74) is 0.508. The highest BCUT2D eigenvalue weighted by Crippen LogP contribution is 2.24. The van der Waals surface area contributed by atoms with Gasteiger partial charge in [0.2, 0.25) is 5.91 Å². The Hall–Kier alpha value is -1.63. The predicted molar refractivity (Wildman–Crippen MR) is 134 cm³/mol. The third kappa shape index (κ3) is 11.4. The van der Waals surface area contributed by atoms with Crippen LogP contribution in [0.1, 0.15) is 90.7 Å². The number of unbranched alkanes of at least 4 members (excludes halogenated alkanes) is 6. The number of aliphatic hydroxyl groups is 1. The Balaban J connectivity index is 1.92. The first kappa shape index (κ1) is 27.6. The van der Waals surface area contributed by atoms with E-state index in [1.54, 1.807) is 0 Å². The molecule has 6 heteroatoms. The van der Waals surface area contributed by atoms with E-state index in [-0.39, 0.29) is 17.6 Å². The van der Waals surface area contributed by atoms with E-state index in [2.05, 4.69) is 17.1 Å². The number of amides is 1. The van der Waals surface area contributed by atoms with Gasteiger partial charge < -0.3 is 19.9 Å². The summed E-state index contributed by atoms with van der Waals surface area (Å²) in [7, 11) is 0. The van der Waals surface area contributed by atoms with Crippen molar-refractivity contribution in [1.29, 1.82) is 0 Å². The van der Waals surface area contributed by atoms with Crippen molar-refractivity contribution in [2.75, 3.05) is 32.8 Å². The third-order valence-electron chi connectivity index (χ3n) is 5.94. The van der Waals surface area contributed by atoms with Crippen LogP contribution in [0.15, 0.2) is 24.3 Å². The molecule has 1 heterocycles. The van der Waals surface area contributed by atoms with Gasteiger partial charge >= 0.3 is 0 Å². The smallest absolute Gasteiger partial charge is 0.220 e. The molecule has 1 aromatic carbocycles. The van der Waals surface area contributed by atoms with E-state index < -0.39 is 6.10 Å². The van der Waals surface area contributed by atoms with Crippen molar-refractivity contribution < 1.29 is 19.4 Å². The maximum absolute atomic E-state index is 12.7. The van der Waals surface area contributed by atoms with Crippen molar-refractivity contribution in [2.24, 2.45) is 0 Å². The number of carbonyl (C=O) groups excluding carboxylic acids is 1. The van der Waals surface area contributed by atoms with E-state index in [0.717, 1.165) is 37.2 Å². The van der Waals surface area contributed by atoms with Crippen LogP contribution in [0, 0.1) is 0 Å². The summed E-state index contributed by atoms with van der Waals surface area (Å²) in [5, 5.41) is 14.3. The monoisotopic (exact) mass is 462 g/mol. The standard InChI is InChI=1S/C27H46N2O4/c1-5-6-7-8-9-10-11-12-25(30)28-24(21-29-17-19-32-20-18-29)26(31)22-13-15-23(16-14-22)33-27(2,3)4/h13-16,24,26,31H,5-12,17-21H2,1-4H3,(H,28,30)/t24-,26-/m1/s1. The number of rotatable bonds is 14. The molecule has 1 fully saturated rings. The molecule has 2 N–H and O–H groups in total. The highest BCUT2D eigenvalue weighted by Gasteiger charge is 2.26. The molecule has 33 heavy (non-hydrogen) atoms. The van der Waals surface area contributed by atoms with Crippen LogP contribution in [-0.2, 0) is 9.53 Å². The van der Waals surface area contributed by atoms with Gasteiger partial charge in [-0.25, -0.2) is 0 Å². The maximum atomic E-state index is 12.7. The summed E-state index contributed by atoms with van der Waals surface area (Å²) in [5.74, 6) is 0.791. The Bertz CT molecular complexity index is 666. The summed E-state index contributed by atoms with van der Waals surface area (Å²) >= 11 is 0.